The van der Waals surface area contributed by atoms with Crippen molar-refractivity contribution in [3.05, 3.63) is 54.4 Å². The van der Waals surface area contributed by atoms with E-state index in [0.29, 0.717) is 36.8 Å². The third-order valence-corrected chi connectivity index (χ3v) is 5.22. The number of hydrogen-bond acceptors (Lipinski definition) is 6. The molecule has 2 aromatic heterocycles. The number of amides is 2. The number of urea groups is 1. The molecule has 1 aliphatic rings. The van der Waals surface area contributed by atoms with Crippen molar-refractivity contribution >= 4 is 17.5 Å². The van der Waals surface area contributed by atoms with E-state index in [2.05, 4.69) is 25.6 Å². The first-order valence-corrected chi connectivity index (χ1v) is 10.7. The Bertz CT molecular complexity index is 1180. The van der Waals surface area contributed by atoms with Crippen molar-refractivity contribution in [2.45, 2.75) is 13.0 Å². The van der Waals surface area contributed by atoms with Crippen LogP contribution in [0.5, 0.6) is 0 Å². The third kappa shape index (κ3) is 5.42. The standard InChI is InChI=1S/C23H23F3N6O2/c1-14-13-34-7-6-32(14)21-10-20(15-8-16(25)12-27-11-15)30-22(31-21)18-3-2-17(9-19(18)26)29-23(33)28-5-4-24/h2-3,8-12,14H,4-7,13H2,1H3,(H2,28,29,33)/t14-/m0/s1. The molecule has 3 heterocycles. The summed E-state index contributed by atoms with van der Waals surface area (Å²) in [6.45, 7) is 2.73. The molecule has 1 atom stereocenters. The first-order valence-electron chi connectivity index (χ1n) is 10.7. The Labute approximate surface area is 194 Å². The van der Waals surface area contributed by atoms with Crippen LogP contribution in [0.1, 0.15) is 6.92 Å². The number of nitrogens with one attached hydrogen (secondary N) is 2. The maximum atomic E-state index is 15.1. The molecule has 0 bridgehead atoms. The number of pyridine rings is 1. The van der Waals surface area contributed by atoms with Gasteiger partial charge < -0.3 is 20.3 Å². The van der Waals surface area contributed by atoms with Gasteiger partial charge in [0.05, 0.1) is 36.7 Å². The Morgan fingerprint density at radius 3 is 2.79 bits per heavy atom. The lowest BCUT2D eigenvalue weighted by Gasteiger charge is -2.34. The number of aromatic nitrogens is 3. The summed E-state index contributed by atoms with van der Waals surface area (Å²) in [5.74, 6) is -0.543. The maximum absolute atomic E-state index is 15.1. The fourth-order valence-electron chi connectivity index (χ4n) is 3.58. The number of halogens is 3. The van der Waals surface area contributed by atoms with E-state index in [0.717, 1.165) is 12.3 Å². The van der Waals surface area contributed by atoms with Crippen LogP contribution in [0.4, 0.5) is 29.5 Å². The number of carbonyl (C=O) groups is 1. The topological polar surface area (TPSA) is 92.3 Å². The van der Waals surface area contributed by atoms with Crippen LogP contribution in [0, 0.1) is 11.6 Å². The first kappa shape index (κ1) is 23.4. The van der Waals surface area contributed by atoms with Crippen LogP contribution in [-0.4, -0.2) is 60.0 Å². The lowest BCUT2D eigenvalue weighted by Crippen LogP contribution is -2.44. The zero-order valence-electron chi connectivity index (χ0n) is 18.4. The summed E-state index contributed by atoms with van der Waals surface area (Å²) >= 11 is 0. The van der Waals surface area contributed by atoms with Crippen molar-refractivity contribution in [1.29, 1.82) is 0 Å². The normalized spacial score (nSPS) is 15.8. The molecule has 2 amide bonds. The Morgan fingerprint density at radius 2 is 2.06 bits per heavy atom. The quantitative estimate of drug-likeness (QED) is 0.567. The van der Waals surface area contributed by atoms with E-state index in [4.69, 9.17) is 4.74 Å². The Balaban J connectivity index is 1.72. The smallest absolute Gasteiger partial charge is 0.319 e. The number of morpholine rings is 1. The SMILES string of the molecule is C[C@H]1COCCN1c1cc(-c2cncc(F)c2)nc(-c2ccc(NC(=O)NCCF)cc2F)n1. The second-order valence-electron chi connectivity index (χ2n) is 7.71. The molecule has 0 aliphatic carbocycles. The fraction of sp³-hybridized carbons (Fsp3) is 0.304. The van der Waals surface area contributed by atoms with E-state index in [1.54, 1.807) is 6.07 Å². The van der Waals surface area contributed by atoms with Gasteiger partial charge in [0.15, 0.2) is 5.82 Å². The molecule has 1 aromatic carbocycles. The molecule has 34 heavy (non-hydrogen) atoms. The van der Waals surface area contributed by atoms with Gasteiger partial charge in [0.25, 0.3) is 0 Å². The van der Waals surface area contributed by atoms with Gasteiger partial charge in [-0.25, -0.2) is 27.9 Å². The zero-order chi connectivity index (χ0) is 24.1. The van der Waals surface area contributed by atoms with Crippen LogP contribution in [0.2, 0.25) is 0 Å². The molecule has 178 valence electrons. The van der Waals surface area contributed by atoms with Crippen LogP contribution in [0.3, 0.4) is 0 Å². The van der Waals surface area contributed by atoms with E-state index in [1.807, 2.05) is 11.8 Å². The minimum atomic E-state index is -0.709. The Morgan fingerprint density at radius 1 is 1.21 bits per heavy atom. The predicted octanol–water partition coefficient (Wildman–Crippen LogP) is 3.80. The highest BCUT2D eigenvalue weighted by Crippen LogP contribution is 2.30. The summed E-state index contributed by atoms with van der Waals surface area (Å²) in [7, 11) is 0. The maximum Gasteiger partial charge on any atom is 0.319 e. The molecule has 0 radical (unpaired) electrons. The molecule has 11 heteroatoms. The number of anilines is 2. The van der Waals surface area contributed by atoms with Crippen molar-refractivity contribution < 1.29 is 22.7 Å². The van der Waals surface area contributed by atoms with Crippen LogP contribution in [0.25, 0.3) is 22.6 Å². The lowest BCUT2D eigenvalue weighted by molar-refractivity contribution is 0.0985. The van der Waals surface area contributed by atoms with Gasteiger partial charge in [0.1, 0.15) is 24.1 Å². The number of ether oxygens (including phenoxy) is 1. The Hall–Kier alpha value is -3.73. The number of carbonyl (C=O) groups excluding carboxylic acids is 1. The number of hydrogen-bond donors (Lipinski definition) is 2. The highest BCUT2D eigenvalue weighted by Gasteiger charge is 2.23. The molecule has 0 unspecified atom stereocenters. The minimum Gasteiger partial charge on any atom is -0.377 e. The second-order valence-corrected chi connectivity index (χ2v) is 7.71. The molecular weight excluding hydrogens is 449 g/mol. The molecule has 4 rings (SSSR count). The Kier molecular flexibility index (Phi) is 7.21. The molecule has 0 saturated carbocycles. The van der Waals surface area contributed by atoms with Gasteiger partial charge in [-0.2, -0.15) is 0 Å². The van der Waals surface area contributed by atoms with Crippen LogP contribution >= 0.6 is 0 Å². The largest absolute Gasteiger partial charge is 0.377 e. The van der Waals surface area contributed by atoms with Gasteiger partial charge in [0, 0.05) is 36.6 Å². The van der Waals surface area contributed by atoms with Crippen LogP contribution < -0.4 is 15.5 Å². The summed E-state index contributed by atoms with van der Waals surface area (Å²) in [6, 6.07) is 6.44. The van der Waals surface area contributed by atoms with Crippen molar-refractivity contribution in [2.24, 2.45) is 0 Å². The predicted molar refractivity (Wildman–Crippen MR) is 121 cm³/mol. The van der Waals surface area contributed by atoms with E-state index in [1.165, 1.54) is 24.4 Å². The molecule has 2 N–H and O–H groups in total. The molecular formula is C23H23F3N6O2. The monoisotopic (exact) mass is 472 g/mol. The zero-order valence-corrected chi connectivity index (χ0v) is 18.4. The van der Waals surface area contributed by atoms with Gasteiger partial charge in [-0.15, -0.1) is 0 Å². The fourth-order valence-corrected chi connectivity index (χ4v) is 3.58. The highest BCUT2D eigenvalue weighted by molar-refractivity contribution is 5.89. The van der Waals surface area contributed by atoms with Crippen molar-refractivity contribution in [3.63, 3.8) is 0 Å². The van der Waals surface area contributed by atoms with E-state index < -0.39 is 24.3 Å². The minimum absolute atomic E-state index is 0.0224. The second kappa shape index (κ2) is 10.5. The summed E-state index contributed by atoms with van der Waals surface area (Å²) in [4.78, 5) is 26.7. The summed E-state index contributed by atoms with van der Waals surface area (Å²) in [5, 5.41) is 4.74. The lowest BCUT2D eigenvalue weighted by atomic mass is 10.1. The van der Waals surface area contributed by atoms with Gasteiger partial charge in [-0.3, -0.25) is 4.98 Å². The molecule has 8 nitrogen and oxygen atoms in total. The molecule has 1 aliphatic heterocycles. The molecule has 3 aromatic rings. The summed E-state index contributed by atoms with van der Waals surface area (Å²) in [6.07, 6.45) is 2.56. The van der Waals surface area contributed by atoms with Crippen molar-refractivity contribution in [2.75, 3.05) is 43.2 Å². The number of rotatable bonds is 6. The van der Waals surface area contributed by atoms with Gasteiger partial charge in [0.2, 0.25) is 0 Å². The average molecular weight is 472 g/mol. The third-order valence-electron chi connectivity index (χ3n) is 5.22. The molecule has 0 spiro atoms. The summed E-state index contributed by atoms with van der Waals surface area (Å²) < 4.78 is 46.6. The molecule has 1 saturated heterocycles. The van der Waals surface area contributed by atoms with Crippen LogP contribution in [-0.2, 0) is 4.74 Å². The number of benzene rings is 1. The number of nitrogens with zero attached hydrogens (tertiary/aromatic N) is 4. The number of alkyl halides is 1. The van der Waals surface area contributed by atoms with Gasteiger partial charge in [-0.1, -0.05) is 0 Å². The van der Waals surface area contributed by atoms with E-state index in [9.17, 15) is 13.6 Å². The van der Waals surface area contributed by atoms with Gasteiger partial charge >= 0.3 is 6.03 Å². The van der Waals surface area contributed by atoms with E-state index in [-0.39, 0.29) is 29.7 Å². The van der Waals surface area contributed by atoms with Crippen LogP contribution in [0.15, 0.2) is 42.7 Å². The summed E-state index contributed by atoms with van der Waals surface area (Å²) in [5.41, 5.74) is 1.10. The van der Waals surface area contributed by atoms with Crippen molar-refractivity contribution in [3.8, 4) is 22.6 Å². The van der Waals surface area contributed by atoms with Crippen molar-refractivity contribution in [1.82, 2.24) is 20.3 Å². The highest BCUT2D eigenvalue weighted by atomic mass is 19.1. The van der Waals surface area contributed by atoms with E-state index >= 15 is 4.39 Å². The van der Waals surface area contributed by atoms with Gasteiger partial charge in [-0.05, 0) is 31.2 Å². The first-order chi connectivity index (χ1) is 16.4. The molecule has 1 fully saturated rings. The average Bonchev–Trinajstić information content (AvgIpc) is 2.83.